The number of aromatic nitrogens is 1. The van der Waals surface area contributed by atoms with Gasteiger partial charge in [0.2, 0.25) is 0 Å². The minimum absolute atomic E-state index is 0.153. The summed E-state index contributed by atoms with van der Waals surface area (Å²) in [6, 6.07) is 13.4. The van der Waals surface area contributed by atoms with E-state index in [4.69, 9.17) is 16.1 Å². The zero-order valence-corrected chi connectivity index (χ0v) is 15.1. The number of benzene rings is 2. The average Bonchev–Trinajstić information content (AvgIpc) is 3.06. The molecular weight excluding hydrogens is 353 g/mol. The SMILES string of the molecule is CC=CC(Cl)=C(C)c1noc(-c2ccc(O)cc2F)c1-c1ccccc1. The number of nitrogens with zero attached hydrogens (tertiary/aromatic N) is 1. The van der Waals surface area contributed by atoms with Gasteiger partial charge in [0.15, 0.2) is 5.76 Å². The molecule has 0 spiro atoms. The molecule has 0 amide bonds. The first-order chi connectivity index (χ1) is 12.5. The van der Waals surface area contributed by atoms with Gasteiger partial charge < -0.3 is 9.63 Å². The quantitative estimate of drug-likeness (QED) is 0.541. The van der Waals surface area contributed by atoms with Crippen molar-refractivity contribution in [2.75, 3.05) is 0 Å². The van der Waals surface area contributed by atoms with Gasteiger partial charge in [-0.15, -0.1) is 0 Å². The molecule has 0 fully saturated rings. The molecule has 26 heavy (non-hydrogen) atoms. The molecule has 1 N–H and O–H groups in total. The summed E-state index contributed by atoms with van der Waals surface area (Å²) in [5.74, 6) is -0.460. The lowest BCUT2D eigenvalue weighted by molar-refractivity contribution is 0.427. The standard InChI is InChI=1S/C21H17ClFNO2/c1-3-7-17(22)13(2)20-19(14-8-5-4-6-9-14)21(26-24-20)16-11-10-15(25)12-18(16)23/h3-12,25H,1-2H3. The summed E-state index contributed by atoms with van der Waals surface area (Å²) in [4.78, 5) is 0. The summed E-state index contributed by atoms with van der Waals surface area (Å²) in [5, 5.41) is 14.2. The average molecular weight is 370 g/mol. The molecule has 0 saturated heterocycles. The van der Waals surface area contributed by atoms with E-state index in [1.807, 2.05) is 50.3 Å². The highest BCUT2D eigenvalue weighted by molar-refractivity contribution is 6.34. The van der Waals surface area contributed by atoms with Gasteiger partial charge >= 0.3 is 0 Å². The Kier molecular flexibility index (Phi) is 5.24. The summed E-state index contributed by atoms with van der Waals surface area (Å²) >= 11 is 6.34. The van der Waals surface area contributed by atoms with Crippen LogP contribution in [0.15, 0.2) is 70.2 Å². The van der Waals surface area contributed by atoms with Crippen LogP contribution in [-0.4, -0.2) is 10.3 Å². The van der Waals surface area contributed by atoms with E-state index in [2.05, 4.69) is 5.16 Å². The minimum atomic E-state index is -0.592. The van der Waals surface area contributed by atoms with Crippen LogP contribution < -0.4 is 0 Å². The number of aromatic hydroxyl groups is 1. The van der Waals surface area contributed by atoms with Crippen LogP contribution in [0.25, 0.3) is 28.0 Å². The summed E-state index contributed by atoms with van der Waals surface area (Å²) in [6.45, 7) is 3.71. The number of hydrogen-bond donors (Lipinski definition) is 1. The molecular formula is C21H17ClFNO2. The first-order valence-corrected chi connectivity index (χ1v) is 8.44. The van der Waals surface area contributed by atoms with Gasteiger partial charge in [0.05, 0.1) is 11.1 Å². The van der Waals surface area contributed by atoms with Crippen LogP contribution in [0, 0.1) is 5.82 Å². The molecule has 3 nitrogen and oxygen atoms in total. The highest BCUT2D eigenvalue weighted by atomic mass is 35.5. The molecule has 132 valence electrons. The van der Waals surface area contributed by atoms with Gasteiger partial charge in [0, 0.05) is 11.1 Å². The zero-order chi connectivity index (χ0) is 18.7. The second-order valence-electron chi connectivity index (χ2n) is 5.74. The Morgan fingerprint density at radius 3 is 2.58 bits per heavy atom. The molecule has 0 bridgehead atoms. The first-order valence-electron chi connectivity index (χ1n) is 8.06. The van der Waals surface area contributed by atoms with Gasteiger partial charge in [-0.2, -0.15) is 0 Å². The van der Waals surface area contributed by atoms with E-state index in [0.717, 1.165) is 17.2 Å². The summed E-state index contributed by atoms with van der Waals surface area (Å²) in [5.41, 5.74) is 2.96. The fourth-order valence-corrected chi connectivity index (χ4v) is 2.89. The predicted molar refractivity (Wildman–Crippen MR) is 102 cm³/mol. The van der Waals surface area contributed by atoms with Crippen LogP contribution in [-0.2, 0) is 0 Å². The van der Waals surface area contributed by atoms with Crippen molar-refractivity contribution in [2.24, 2.45) is 0 Å². The molecule has 0 unspecified atom stereocenters. The third-order valence-corrected chi connectivity index (χ3v) is 4.39. The molecule has 0 saturated carbocycles. The first kappa shape index (κ1) is 18.0. The largest absolute Gasteiger partial charge is 0.508 e. The maximum atomic E-state index is 14.4. The van der Waals surface area contributed by atoms with E-state index >= 15 is 0 Å². The van der Waals surface area contributed by atoms with Crippen LogP contribution in [0.5, 0.6) is 5.75 Å². The number of allylic oxidation sites excluding steroid dienone is 4. The predicted octanol–water partition coefficient (Wildman–Crippen LogP) is 6.40. The van der Waals surface area contributed by atoms with Crippen molar-refractivity contribution in [3.05, 3.63) is 77.2 Å². The molecule has 5 heteroatoms. The van der Waals surface area contributed by atoms with Gasteiger partial charge in [-0.1, -0.05) is 53.2 Å². The number of phenols is 1. The molecule has 1 aromatic heterocycles. The normalized spacial score (nSPS) is 12.5. The van der Waals surface area contributed by atoms with Gasteiger partial charge in [-0.3, -0.25) is 0 Å². The molecule has 0 aliphatic carbocycles. The van der Waals surface area contributed by atoms with E-state index in [1.54, 1.807) is 6.08 Å². The summed E-state index contributed by atoms with van der Waals surface area (Å²) in [7, 11) is 0. The van der Waals surface area contributed by atoms with Crippen LogP contribution in [0.3, 0.4) is 0 Å². The van der Waals surface area contributed by atoms with Crippen molar-refractivity contribution >= 4 is 17.2 Å². The Labute approximate surface area is 156 Å². The Balaban J connectivity index is 2.29. The lowest BCUT2D eigenvalue weighted by atomic mass is 9.96. The lowest BCUT2D eigenvalue weighted by Crippen LogP contribution is -1.90. The van der Waals surface area contributed by atoms with Crippen molar-refractivity contribution in [3.8, 4) is 28.2 Å². The monoisotopic (exact) mass is 369 g/mol. The van der Waals surface area contributed by atoms with E-state index in [0.29, 0.717) is 16.3 Å². The molecule has 0 atom stereocenters. The minimum Gasteiger partial charge on any atom is -0.508 e. The fourth-order valence-electron chi connectivity index (χ4n) is 2.68. The third kappa shape index (κ3) is 3.41. The third-order valence-electron chi connectivity index (χ3n) is 3.98. The van der Waals surface area contributed by atoms with Crippen LogP contribution in [0.1, 0.15) is 19.5 Å². The van der Waals surface area contributed by atoms with Crippen molar-refractivity contribution in [2.45, 2.75) is 13.8 Å². The molecule has 2 aromatic carbocycles. The second-order valence-corrected chi connectivity index (χ2v) is 6.15. The number of rotatable bonds is 4. The Morgan fingerprint density at radius 2 is 1.92 bits per heavy atom. The zero-order valence-electron chi connectivity index (χ0n) is 14.3. The van der Waals surface area contributed by atoms with E-state index in [9.17, 15) is 9.50 Å². The van der Waals surface area contributed by atoms with Gasteiger partial charge in [-0.25, -0.2) is 4.39 Å². The molecule has 0 radical (unpaired) electrons. The summed E-state index contributed by atoms with van der Waals surface area (Å²) < 4.78 is 19.9. The highest BCUT2D eigenvalue weighted by Gasteiger charge is 2.23. The van der Waals surface area contributed by atoms with Crippen LogP contribution in [0.2, 0.25) is 0 Å². The topological polar surface area (TPSA) is 46.3 Å². The van der Waals surface area contributed by atoms with Crippen molar-refractivity contribution < 1.29 is 14.0 Å². The number of hydrogen-bond acceptors (Lipinski definition) is 3. The van der Waals surface area contributed by atoms with Crippen molar-refractivity contribution in [3.63, 3.8) is 0 Å². The molecule has 3 aromatic rings. The smallest absolute Gasteiger partial charge is 0.178 e. The fraction of sp³-hybridized carbons (Fsp3) is 0.0952. The summed E-state index contributed by atoms with van der Waals surface area (Å²) in [6.07, 6.45) is 3.59. The maximum absolute atomic E-state index is 14.4. The Hall–Kier alpha value is -2.85. The van der Waals surface area contributed by atoms with Crippen LogP contribution >= 0.6 is 11.6 Å². The number of halogens is 2. The van der Waals surface area contributed by atoms with E-state index < -0.39 is 5.82 Å². The van der Waals surface area contributed by atoms with E-state index in [-0.39, 0.29) is 17.1 Å². The van der Waals surface area contributed by atoms with Crippen LogP contribution in [0.4, 0.5) is 4.39 Å². The van der Waals surface area contributed by atoms with Gasteiger partial charge in [-0.05, 0) is 43.2 Å². The van der Waals surface area contributed by atoms with E-state index in [1.165, 1.54) is 12.1 Å². The second kappa shape index (κ2) is 7.58. The maximum Gasteiger partial charge on any atom is 0.178 e. The molecule has 1 heterocycles. The molecule has 0 aliphatic heterocycles. The highest BCUT2D eigenvalue weighted by Crippen LogP contribution is 2.40. The molecule has 0 aliphatic rings. The lowest BCUT2D eigenvalue weighted by Gasteiger charge is -2.07. The van der Waals surface area contributed by atoms with Gasteiger partial charge in [0.1, 0.15) is 17.3 Å². The number of phenolic OH excluding ortho intramolecular Hbond substituents is 1. The molecule has 3 rings (SSSR count). The Bertz CT molecular complexity index is 991. The van der Waals surface area contributed by atoms with Gasteiger partial charge in [0.25, 0.3) is 0 Å². The van der Waals surface area contributed by atoms with Crippen molar-refractivity contribution in [1.29, 1.82) is 0 Å². The van der Waals surface area contributed by atoms with Crippen molar-refractivity contribution in [1.82, 2.24) is 5.16 Å². The Morgan fingerprint density at radius 1 is 1.19 bits per heavy atom.